The van der Waals surface area contributed by atoms with E-state index in [1.807, 2.05) is 0 Å². The Morgan fingerprint density at radius 1 is 1.31 bits per heavy atom. The molecule has 3 heteroatoms. The van der Waals surface area contributed by atoms with Crippen molar-refractivity contribution in [1.82, 2.24) is 9.80 Å². The molecule has 0 amide bonds. The number of alkyl halides is 1. The van der Waals surface area contributed by atoms with Crippen LogP contribution in [0.15, 0.2) is 0 Å². The Morgan fingerprint density at radius 3 is 2.75 bits per heavy atom. The van der Waals surface area contributed by atoms with Crippen LogP contribution in [-0.4, -0.2) is 54.4 Å². The van der Waals surface area contributed by atoms with E-state index in [1.165, 1.54) is 58.3 Å². The first-order valence-electron chi connectivity index (χ1n) is 6.76. The van der Waals surface area contributed by atoms with Gasteiger partial charge >= 0.3 is 0 Å². The third-order valence-corrected chi connectivity index (χ3v) is 4.32. The van der Waals surface area contributed by atoms with Crippen molar-refractivity contribution in [2.75, 3.05) is 38.6 Å². The fourth-order valence-electron chi connectivity index (χ4n) is 2.55. The molecule has 0 saturated carbocycles. The molecule has 0 N–H and O–H groups in total. The lowest BCUT2D eigenvalue weighted by molar-refractivity contribution is 0.155. The summed E-state index contributed by atoms with van der Waals surface area (Å²) in [5.74, 6) is 0. The maximum atomic E-state index is 3.51. The van der Waals surface area contributed by atoms with Gasteiger partial charge in [0.25, 0.3) is 0 Å². The van der Waals surface area contributed by atoms with Crippen LogP contribution in [0.3, 0.4) is 0 Å². The first-order valence-corrected chi connectivity index (χ1v) is 7.88. The van der Waals surface area contributed by atoms with Crippen LogP contribution in [0.1, 0.15) is 39.0 Å². The van der Waals surface area contributed by atoms with Crippen LogP contribution in [-0.2, 0) is 0 Å². The zero-order valence-electron chi connectivity index (χ0n) is 10.9. The number of hydrogen-bond acceptors (Lipinski definition) is 2. The lowest BCUT2D eigenvalue weighted by atomic mass is 10.00. The number of halogens is 1. The SMILES string of the molecule is CCN(CCCBr)CCC1CCCCN1C. The molecule has 1 saturated heterocycles. The van der Waals surface area contributed by atoms with Crippen molar-refractivity contribution in [3.8, 4) is 0 Å². The summed E-state index contributed by atoms with van der Waals surface area (Å²) in [4.78, 5) is 5.14. The van der Waals surface area contributed by atoms with Gasteiger partial charge in [0.15, 0.2) is 0 Å². The van der Waals surface area contributed by atoms with Crippen LogP contribution in [0.25, 0.3) is 0 Å². The minimum atomic E-state index is 0.840. The Morgan fingerprint density at radius 2 is 2.12 bits per heavy atom. The van der Waals surface area contributed by atoms with Gasteiger partial charge in [0, 0.05) is 11.4 Å². The van der Waals surface area contributed by atoms with Gasteiger partial charge in [-0.05, 0) is 58.9 Å². The van der Waals surface area contributed by atoms with Crippen LogP contribution in [0, 0.1) is 0 Å². The quantitative estimate of drug-likeness (QED) is 0.665. The molecule has 0 aliphatic carbocycles. The molecular formula is C13H27BrN2. The molecule has 1 rings (SSSR count). The smallest absolute Gasteiger partial charge is 0.0104 e. The summed E-state index contributed by atoms with van der Waals surface area (Å²) >= 11 is 3.51. The third-order valence-electron chi connectivity index (χ3n) is 3.76. The molecule has 1 fully saturated rings. The summed E-state index contributed by atoms with van der Waals surface area (Å²) in [6.45, 7) is 7.30. The lowest BCUT2D eigenvalue weighted by Crippen LogP contribution is -2.39. The average Bonchev–Trinajstić information content (AvgIpc) is 2.31. The lowest BCUT2D eigenvalue weighted by Gasteiger charge is -2.34. The Kier molecular flexibility index (Phi) is 7.67. The summed E-state index contributed by atoms with van der Waals surface area (Å²) < 4.78 is 0. The van der Waals surface area contributed by atoms with E-state index < -0.39 is 0 Å². The van der Waals surface area contributed by atoms with E-state index in [1.54, 1.807) is 0 Å². The first-order chi connectivity index (χ1) is 7.77. The number of hydrogen-bond donors (Lipinski definition) is 0. The van der Waals surface area contributed by atoms with Gasteiger partial charge in [0.05, 0.1) is 0 Å². The average molecular weight is 291 g/mol. The van der Waals surface area contributed by atoms with Crippen molar-refractivity contribution in [3.63, 3.8) is 0 Å². The number of rotatable bonds is 7. The van der Waals surface area contributed by atoms with Gasteiger partial charge < -0.3 is 9.80 Å². The van der Waals surface area contributed by atoms with Crippen molar-refractivity contribution in [3.05, 3.63) is 0 Å². The fourth-order valence-corrected chi connectivity index (χ4v) is 2.80. The molecule has 0 aromatic carbocycles. The van der Waals surface area contributed by atoms with Crippen molar-refractivity contribution in [2.24, 2.45) is 0 Å². The van der Waals surface area contributed by atoms with Gasteiger partial charge in [-0.1, -0.05) is 29.3 Å². The maximum Gasteiger partial charge on any atom is 0.0104 e. The summed E-state index contributed by atoms with van der Waals surface area (Å²) in [6, 6.07) is 0.840. The molecule has 1 aliphatic rings. The van der Waals surface area contributed by atoms with E-state index in [9.17, 15) is 0 Å². The van der Waals surface area contributed by atoms with Crippen LogP contribution in [0.5, 0.6) is 0 Å². The highest BCUT2D eigenvalue weighted by Crippen LogP contribution is 2.18. The predicted octanol–water partition coefficient (Wildman–Crippen LogP) is 2.97. The zero-order valence-corrected chi connectivity index (χ0v) is 12.5. The van der Waals surface area contributed by atoms with E-state index >= 15 is 0 Å². The molecule has 1 atom stereocenters. The van der Waals surface area contributed by atoms with E-state index in [-0.39, 0.29) is 0 Å². The summed E-state index contributed by atoms with van der Waals surface area (Å²) in [5, 5.41) is 1.13. The minimum Gasteiger partial charge on any atom is -0.304 e. The molecule has 1 heterocycles. The minimum absolute atomic E-state index is 0.840. The molecule has 2 nitrogen and oxygen atoms in total. The van der Waals surface area contributed by atoms with Crippen LogP contribution in [0.2, 0.25) is 0 Å². The number of likely N-dealkylation sites (tertiary alicyclic amines) is 1. The van der Waals surface area contributed by atoms with Crippen molar-refractivity contribution < 1.29 is 0 Å². The monoisotopic (exact) mass is 290 g/mol. The molecule has 0 bridgehead atoms. The number of piperidine rings is 1. The Bertz CT molecular complexity index is 175. The molecule has 1 aliphatic heterocycles. The van der Waals surface area contributed by atoms with Crippen molar-refractivity contribution in [1.29, 1.82) is 0 Å². The normalized spacial score (nSPS) is 22.9. The molecule has 0 spiro atoms. The topological polar surface area (TPSA) is 6.48 Å². The second-order valence-electron chi connectivity index (χ2n) is 4.90. The van der Waals surface area contributed by atoms with Crippen molar-refractivity contribution >= 4 is 15.9 Å². The Balaban J connectivity index is 2.19. The van der Waals surface area contributed by atoms with Gasteiger partial charge in [-0.2, -0.15) is 0 Å². The molecule has 0 radical (unpaired) electrons. The van der Waals surface area contributed by atoms with Gasteiger partial charge in [-0.25, -0.2) is 0 Å². The zero-order chi connectivity index (χ0) is 11.8. The molecular weight excluding hydrogens is 264 g/mol. The first kappa shape index (κ1) is 14.5. The predicted molar refractivity (Wildman–Crippen MR) is 75.4 cm³/mol. The fraction of sp³-hybridized carbons (Fsp3) is 1.00. The van der Waals surface area contributed by atoms with Gasteiger partial charge in [0.1, 0.15) is 0 Å². The highest BCUT2D eigenvalue weighted by Gasteiger charge is 2.18. The highest BCUT2D eigenvalue weighted by molar-refractivity contribution is 9.09. The largest absolute Gasteiger partial charge is 0.304 e. The summed E-state index contributed by atoms with van der Waals surface area (Å²) in [7, 11) is 2.29. The van der Waals surface area contributed by atoms with Gasteiger partial charge in [0.2, 0.25) is 0 Å². The molecule has 1 unspecified atom stereocenters. The summed E-state index contributed by atoms with van der Waals surface area (Å²) in [5.41, 5.74) is 0. The standard InChI is InChI=1S/C13H27BrN2/c1-3-16(11-6-9-14)12-8-13-7-4-5-10-15(13)2/h13H,3-12H2,1-2H3. The molecule has 96 valence electrons. The van der Waals surface area contributed by atoms with Crippen molar-refractivity contribution in [2.45, 2.75) is 45.1 Å². The third kappa shape index (κ3) is 5.15. The van der Waals surface area contributed by atoms with E-state index in [0.29, 0.717) is 0 Å². The van der Waals surface area contributed by atoms with Gasteiger partial charge in [-0.15, -0.1) is 0 Å². The van der Waals surface area contributed by atoms with E-state index in [2.05, 4.69) is 39.7 Å². The van der Waals surface area contributed by atoms with Crippen LogP contribution >= 0.6 is 15.9 Å². The maximum absolute atomic E-state index is 3.51. The highest BCUT2D eigenvalue weighted by atomic mass is 79.9. The second kappa shape index (κ2) is 8.48. The Labute approximate surface area is 109 Å². The second-order valence-corrected chi connectivity index (χ2v) is 5.69. The summed E-state index contributed by atoms with van der Waals surface area (Å²) in [6.07, 6.45) is 6.87. The van der Waals surface area contributed by atoms with Crippen LogP contribution < -0.4 is 0 Å². The molecule has 0 aromatic rings. The molecule has 16 heavy (non-hydrogen) atoms. The van der Waals surface area contributed by atoms with Crippen LogP contribution in [0.4, 0.5) is 0 Å². The number of nitrogens with zero attached hydrogens (tertiary/aromatic N) is 2. The van der Waals surface area contributed by atoms with E-state index in [4.69, 9.17) is 0 Å². The van der Waals surface area contributed by atoms with E-state index in [0.717, 1.165) is 11.4 Å². The molecule has 0 aromatic heterocycles. The Hall–Kier alpha value is 0.400. The van der Waals surface area contributed by atoms with Gasteiger partial charge in [-0.3, -0.25) is 0 Å².